The molecule has 1 aliphatic rings. The summed E-state index contributed by atoms with van der Waals surface area (Å²) in [5.74, 6) is 0.902. The summed E-state index contributed by atoms with van der Waals surface area (Å²) >= 11 is 1.69. The minimum absolute atomic E-state index is 0.783. The van der Waals surface area contributed by atoms with E-state index in [1.54, 1.807) is 18.4 Å². The van der Waals surface area contributed by atoms with Crippen LogP contribution in [0.15, 0.2) is 17.6 Å². The van der Waals surface area contributed by atoms with Crippen LogP contribution < -0.4 is 10.1 Å². The Kier molecular flexibility index (Phi) is 2.11. The van der Waals surface area contributed by atoms with Crippen molar-refractivity contribution < 1.29 is 4.74 Å². The van der Waals surface area contributed by atoms with Gasteiger partial charge in [-0.3, -0.25) is 0 Å². The normalized spacial score (nSPS) is 12.6. The van der Waals surface area contributed by atoms with Gasteiger partial charge in [-0.15, -0.1) is 11.3 Å². The molecule has 2 aromatic rings. The third-order valence-corrected chi connectivity index (χ3v) is 3.78. The van der Waals surface area contributed by atoms with E-state index in [-0.39, 0.29) is 0 Å². The van der Waals surface area contributed by atoms with Gasteiger partial charge in [0.15, 0.2) is 0 Å². The molecule has 0 unspecified atom stereocenters. The fraction of sp³-hybridized carbons (Fsp3) is 0.250. The van der Waals surface area contributed by atoms with E-state index in [0.29, 0.717) is 0 Å². The molecule has 1 aromatic heterocycles. The molecule has 82 valence electrons. The van der Waals surface area contributed by atoms with Crippen molar-refractivity contribution in [3.63, 3.8) is 0 Å². The largest absolute Gasteiger partial charge is 0.495 e. The number of methoxy groups -OCH3 is 1. The van der Waals surface area contributed by atoms with E-state index in [4.69, 9.17) is 4.74 Å². The molecule has 0 aliphatic carbocycles. The quantitative estimate of drug-likeness (QED) is 0.820. The van der Waals surface area contributed by atoms with Crippen molar-refractivity contribution in [2.45, 2.75) is 13.5 Å². The average molecular weight is 232 g/mol. The molecule has 1 N–H and O–H groups in total. The molecule has 0 radical (unpaired) electrons. The summed E-state index contributed by atoms with van der Waals surface area (Å²) in [5.41, 5.74) is 6.63. The summed E-state index contributed by atoms with van der Waals surface area (Å²) in [5, 5.41) is 3.38. The number of hydrogen-bond donors (Lipinski definition) is 1. The van der Waals surface area contributed by atoms with Crippen molar-refractivity contribution in [3.8, 4) is 16.2 Å². The molecular weight excluding hydrogens is 220 g/mol. The van der Waals surface area contributed by atoms with Gasteiger partial charge in [0.2, 0.25) is 0 Å². The first-order chi connectivity index (χ1) is 7.81. The number of nitrogens with zero attached hydrogens (tertiary/aromatic N) is 1. The minimum atomic E-state index is 0.783. The van der Waals surface area contributed by atoms with Crippen LogP contribution in [0.1, 0.15) is 11.3 Å². The van der Waals surface area contributed by atoms with Crippen LogP contribution in [0.3, 0.4) is 0 Å². The number of benzene rings is 1. The summed E-state index contributed by atoms with van der Waals surface area (Å²) in [6, 6.07) is 4.10. The Balaban J connectivity index is 2.31. The molecule has 3 rings (SSSR count). The van der Waals surface area contributed by atoms with E-state index in [1.807, 2.05) is 11.6 Å². The van der Waals surface area contributed by atoms with Crippen molar-refractivity contribution in [1.82, 2.24) is 4.98 Å². The lowest BCUT2D eigenvalue weighted by atomic mass is 10.00. The predicted octanol–water partition coefficient (Wildman–Crippen LogP) is 3.05. The second-order valence-corrected chi connectivity index (χ2v) is 4.67. The molecule has 4 heteroatoms. The van der Waals surface area contributed by atoms with Crippen molar-refractivity contribution in [3.05, 3.63) is 28.9 Å². The fourth-order valence-electron chi connectivity index (χ4n) is 2.10. The summed E-state index contributed by atoms with van der Waals surface area (Å²) in [7, 11) is 1.70. The Morgan fingerprint density at radius 1 is 1.44 bits per heavy atom. The van der Waals surface area contributed by atoms with Crippen LogP contribution in [-0.4, -0.2) is 12.1 Å². The molecule has 0 amide bonds. The molecular formula is C12H12N2OS. The van der Waals surface area contributed by atoms with E-state index in [1.165, 1.54) is 16.0 Å². The van der Waals surface area contributed by atoms with Gasteiger partial charge in [0, 0.05) is 5.56 Å². The number of aromatic nitrogens is 1. The standard InChI is InChI=1S/C12H12N2OS/c1-7-3-4-9(15-2)11-10(7)12-8(5-13-11)14-6-16-12/h3-4,6,13H,5H2,1-2H3. The maximum atomic E-state index is 5.38. The Labute approximate surface area is 98.1 Å². The van der Waals surface area contributed by atoms with Crippen LogP contribution in [-0.2, 0) is 6.54 Å². The summed E-state index contributed by atoms with van der Waals surface area (Å²) in [6.07, 6.45) is 0. The number of fused-ring (bicyclic) bond motifs is 3. The molecule has 0 bridgehead atoms. The molecule has 3 nitrogen and oxygen atoms in total. The molecule has 0 saturated heterocycles. The van der Waals surface area contributed by atoms with E-state index in [2.05, 4.69) is 23.3 Å². The Bertz CT molecular complexity index is 548. The van der Waals surface area contributed by atoms with Crippen molar-refractivity contribution in [1.29, 1.82) is 0 Å². The maximum absolute atomic E-state index is 5.38. The monoisotopic (exact) mass is 232 g/mol. The number of nitrogens with one attached hydrogen (secondary N) is 1. The second-order valence-electron chi connectivity index (χ2n) is 3.82. The number of rotatable bonds is 1. The van der Waals surface area contributed by atoms with Gasteiger partial charge in [0.05, 0.1) is 35.4 Å². The molecule has 0 spiro atoms. The van der Waals surface area contributed by atoms with E-state index < -0.39 is 0 Å². The van der Waals surface area contributed by atoms with Gasteiger partial charge < -0.3 is 10.1 Å². The summed E-state index contributed by atoms with van der Waals surface area (Å²) in [4.78, 5) is 5.64. The van der Waals surface area contributed by atoms with E-state index in [9.17, 15) is 0 Å². The minimum Gasteiger partial charge on any atom is -0.495 e. The highest BCUT2D eigenvalue weighted by molar-refractivity contribution is 7.13. The fourth-order valence-corrected chi connectivity index (χ4v) is 3.02. The number of aryl methyl sites for hydroxylation is 1. The van der Waals surface area contributed by atoms with Gasteiger partial charge in [-0.1, -0.05) is 6.07 Å². The lowest BCUT2D eigenvalue weighted by Crippen LogP contribution is -2.09. The van der Waals surface area contributed by atoms with Crippen LogP contribution in [0.25, 0.3) is 10.4 Å². The van der Waals surface area contributed by atoms with Gasteiger partial charge in [0.1, 0.15) is 5.75 Å². The topological polar surface area (TPSA) is 34.1 Å². The number of anilines is 1. The Morgan fingerprint density at radius 3 is 3.12 bits per heavy atom. The number of hydrogen-bond acceptors (Lipinski definition) is 4. The lowest BCUT2D eigenvalue weighted by Gasteiger charge is -2.21. The lowest BCUT2D eigenvalue weighted by molar-refractivity contribution is 0.416. The van der Waals surface area contributed by atoms with Gasteiger partial charge in [-0.25, -0.2) is 4.98 Å². The highest BCUT2D eigenvalue weighted by Crippen LogP contribution is 2.44. The third-order valence-electron chi connectivity index (χ3n) is 2.90. The Hall–Kier alpha value is -1.55. The molecule has 0 saturated carbocycles. The first-order valence-corrected chi connectivity index (χ1v) is 6.03. The first-order valence-electron chi connectivity index (χ1n) is 5.15. The molecule has 0 atom stereocenters. The number of ether oxygens (including phenoxy) is 1. The van der Waals surface area contributed by atoms with Crippen LogP contribution in [0.5, 0.6) is 5.75 Å². The highest BCUT2D eigenvalue weighted by Gasteiger charge is 2.22. The highest BCUT2D eigenvalue weighted by atomic mass is 32.1. The van der Waals surface area contributed by atoms with Gasteiger partial charge in [-0.05, 0) is 18.6 Å². The van der Waals surface area contributed by atoms with Crippen LogP contribution >= 0.6 is 11.3 Å². The second kappa shape index (κ2) is 3.49. The van der Waals surface area contributed by atoms with Gasteiger partial charge >= 0.3 is 0 Å². The van der Waals surface area contributed by atoms with Gasteiger partial charge in [0.25, 0.3) is 0 Å². The average Bonchev–Trinajstić information content (AvgIpc) is 2.77. The molecule has 16 heavy (non-hydrogen) atoms. The molecule has 0 fully saturated rings. The smallest absolute Gasteiger partial charge is 0.142 e. The Morgan fingerprint density at radius 2 is 2.31 bits per heavy atom. The third kappa shape index (κ3) is 1.23. The van der Waals surface area contributed by atoms with Crippen molar-refractivity contribution in [2.75, 3.05) is 12.4 Å². The van der Waals surface area contributed by atoms with Crippen LogP contribution in [0.2, 0.25) is 0 Å². The SMILES string of the molecule is COc1ccc(C)c2c1NCc1ncsc1-2. The van der Waals surface area contributed by atoms with E-state index >= 15 is 0 Å². The molecule has 2 heterocycles. The van der Waals surface area contributed by atoms with Crippen LogP contribution in [0, 0.1) is 6.92 Å². The summed E-state index contributed by atoms with van der Waals surface area (Å²) < 4.78 is 5.38. The van der Waals surface area contributed by atoms with Gasteiger partial charge in [-0.2, -0.15) is 0 Å². The first kappa shape index (κ1) is 9.66. The zero-order valence-corrected chi connectivity index (χ0v) is 10.0. The van der Waals surface area contributed by atoms with E-state index in [0.717, 1.165) is 23.7 Å². The number of thiazole rings is 1. The zero-order valence-electron chi connectivity index (χ0n) is 9.20. The van der Waals surface area contributed by atoms with Crippen molar-refractivity contribution in [2.24, 2.45) is 0 Å². The summed E-state index contributed by atoms with van der Waals surface area (Å²) in [6.45, 7) is 2.90. The molecule has 1 aliphatic heterocycles. The molecule has 1 aromatic carbocycles. The van der Waals surface area contributed by atoms with Crippen LogP contribution in [0.4, 0.5) is 5.69 Å². The van der Waals surface area contributed by atoms with Crippen molar-refractivity contribution >= 4 is 17.0 Å². The maximum Gasteiger partial charge on any atom is 0.142 e. The zero-order chi connectivity index (χ0) is 11.1. The predicted molar refractivity (Wildman–Crippen MR) is 66.2 cm³/mol.